The summed E-state index contributed by atoms with van der Waals surface area (Å²) in [7, 11) is 2.99. The molecule has 1 amide bonds. The van der Waals surface area contributed by atoms with Crippen LogP contribution in [-0.4, -0.2) is 20.1 Å². The first-order chi connectivity index (χ1) is 11.8. The number of ether oxygens (including phenoxy) is 2. The molecule has 0 saturated carbocycles. The second-order valence-electron chi connectivity index (χ2n) is 4.97. The highest BCUT2D eigenvalue weighted by Crippen LogP contribution is 2.30. The lowest BCUT2D eigenvalue weighted by molar-refractivity contribution is -0.137. The van der Waals surface area contributed by atoms with E-state index in [-0.39, 0.29) is 5.69 Å². The van der Waals surface area contributed by atoms with Crippen LogP contribution in [0.3, 0.4) is 0 Å². The molecular weight excluding hydrogens is 335 g/mol. The topological polar surface area (TPSA) is 47.6 Å². The van der Waals surface area contributed by atoms with Gasteiger partial charge in [0, 0.05) is 11.8 Å². The van der Waals surface area contributed by atoms with Crippen molar-refractivity contribution in [3.8, 4) is 11.5 Å². The van der Waals surface area contributed by atoms with Crippen LogP contribution in [0.25, 0.3) is 6.08 Å². The second-order valence-corrected chi connectivity index (χ2v) is 4.97. The molecule has 4 nitrogen and oxygen atoms in total. The Morgan fingerprint density at radius 1 is 1.00 bits per heavy atom. The zero-order valence-corrected chi connectivity index (χ0v) is 13.6. The minimum absolute atomic E-state index is 0.259. The third-order valence-electron chi connectivity index (χ3n) is 3.35. The van der Waals surface area contributed by atoms with Gasteiger partial charge in [-0.15, -0.1) is 0 Å². The fourth-order valence-corrected chi connectivity index (χ4v) is 2.13. The lowest BCUT2D eigenvalue weighted by Gasteiger charge is -2.10. The molecule has 0 fully saturated rings. The van der Waals surface area contributed by atoms with Crippen LogP contribution in [0.1, 0.15) is 11.1 Å². The summed E-state index contributed by atoms with van der Waals surface area (Å²) in [5.74, 6) is 0.559. The number of hydrogen-bond acceptors (Lipinski definition) is 3. The SMILES string of the molecule is COc1cccc(OC)c1/C=C/C(=O)Nc1ccc(C(F)(F)F)cc1. The minimum atomic E-state index is -4.41. The maximum Gasteiger partial charge on any atom is 0.416 e. The highest BCUT2D eigenvalue weighted by atomic mass is 19.4. The van der Waals surface area contributed by atoms with Crippen LogP contribution in [-0.2, 0) is 11.0 Å². The van der Waals surface area contributed by atoms with Crippen molar-refractivity contribution >= 4 is 17.7 Å². The Labute approximate surface area is 142 Å². The molecule has 0 radical (unpaired) electrons. The summed E-state index contributed by atoms with van der Waals surface area (Å²) in [6.07, 6.45) is -1.65. The van der Waals surface area contributed by atoms with Gasteiger partial charge in [-0.05, 0) is 42.5 Å². The van der Waals surface area contributed by atoms with Crippen molar-refractivity contribution in [3.05, 3.63) is 59.7 Å². The van der Waals surface area contributed by atoms with Gasteiger partial charge in [-0.3, -0.25) is 4.79 Å². The smallest absolute Gasteiger partial charge is 0.416 e. The number of hydrogen-bond donors (Lipinski definition) is 1. The standard InChI is InChI=1S/C18H16F3NO3/c1-24-15-4-3-5-16(25-2)14(15)10-11-17(23)22-13-8-6-12(7-9-13)18(19,20)21/h3-11H,1-2H3,(H,22,23)/b11-10+. The quantitative estimate of drug-likeness (QED) is 0.814. The first-order valence-electron chi connectivity index (χ1n) is 7.22. The molecule has 2 rings (SSSR count). The van der Waals surface area contributed by atoms with E-state index in [1.54, 1.807) is 18.2 Å². The fourth-order valence-electron chi connectivity index (χ4n) is 2.13. The van der Waals surface area contributed by atoms with Gasteiger partial charge in [0.05, 0.1) is 25.3 Å². The van der Waals surface area contributed by atoms with Gasteiger partial charge < -0.3 is 14.8 Å². The first-order valence-corrected chi connectivity index (χ1v) is 7.22. The normalized spacial score (nSPS) is 11.4. The van der Waals surface area contributed by atoms with Crippen LogP contribution in [0.15, 0.2) is 48.5 Å². The zero-order chi connectivity index (χ0) is 18.4. The number of rotatable bonds is 5. The maximum atomic E-state index is 12.5. The van der Waals surface area contributed by atoms with Crippen LogP contribution in [0.4, 0.5) is 18.9 Å². The molecule has 0 aliphatic heterocycles. The van der Waals surface area contributed by atoms with Crippen molar-refractivity contribution in [2.75, 3.05) is 19.5 Å². The Morgan fingerprint density at radius 2 is 1.56 bits per heavy atom. The van der Waals surface area contributed by atoms with E-state index < -0.39 is 17.6 Å². The Bertz CT molecular complexity index is 746. The van der Waals surface area contributed by atoms with Gasteiger partial charge in [0.25, 0.3) is 0 Å². The number of benzene rings is 2. The summed E-state index contributed by atoms with van der Waals surface area (Å²) in [5, 5.41) is 2.49. The summed E-state index contributed by atoms with van der Waals surface area (Å²) in [5.41, 5.74) is 0.0597. The average molecular weight is 351 g/mol. The summed E-state index contributed by atoms with van der Waals surface area (Å²) in [6, 6.07) is 9.38. The minimum Gasteiger partial charge on any atom is -0.496 e. The number of halogens is 3. The van der Waals surface area contributed by atoms with Gasteiger partial charge in [-0.2, -0.15) is 13.2 Å². The van der Waals surface area contributed by atoms with E-state index in [4.69, 9.17) is 9.47 Å². The van der Waals surface area contributed by atoms with Gasteiger partial charge in [-0.1, -0.05) is 6.07 Å². The van der Waals surface area contributed by atoms with E-state index in [0.29, 0.717) is 17.1 Å². The van der Waals surface area contributed by atoms with Crippen molar-refractivity contribution in [2.24, 2.45) is 0 Å². The summed E-state index contributed by atoms with van der Waals surface area (Å²) in [6.45, 7) is 0. The molecule has 0 aliphatic carbocycles. The Morgan fingerprint density at radius 3 is 2.04 bits per heavy atom. The molecule has 0 spiro atoms. The van der Waals surface area contributed by atoms with E-state index in [1.807, 2.05) is 0 Å². The third kappa shape index (κ3) is 4.76. The summed E-state index contributed by atoms with van der Waals surface area (Å²) >= 11 is 0. The van der Waals surface area contributed by atoms with Gasteiger partial charge in [0.2, 0.25) is 5.91 Å². The largest absolute Gasteiger partial charge is 0.496 e. The predicted octanol–water partition coefficient (Wildman–Crippen LogP) is 4.37. The molecule has 0 aliphatic rings. The molecule has 0 atom stereocenters. The lowest BCUT2D eigenvalue weighted by Crippen LogP contribution is -2.09. The number of amides is 1. The highest BCUT2D eigenvalue weighted by molar-refractivity contribution is 6.02. The van der Waals surface area contributed by atoms with E-state index in [1.165, 1.54) is 38.5 Å². The molecule has 0 bridgehead atoms. The molecule has 7 heteroatoms. The van der Waals surface area contributed by atoms with E-state index >= 15 is 0 Å². The van der Waals surface area contributed by atoms with E-state index in [0.717, 1.165) is 12.1 Å². The third-order valence-corrected chi connectivity index (χ3v) is 3.35. The number of alkyl halides is 3. The summed E-state index contributed by atoms with van der Waals surface area (Å²) in [4.78, 5) is 12.0. The lowest BCUT2D eigenvalue weighted by atomic mass is 10.1. The van der Waals surface area contributed by atoms with E-state index in [2.05, 4.69) is 5.32 Å². The molecule has 25 heavy (non-hydrogen) atoms. The number of methoxy groups -OCH3 is 2. The Kier molecular flexibility index (Phi) is 5.69. The van der Waals surface area contributed by atoms with Crippen LogP contribution < -0.4 is 14.8 Å². The van der Waals surface area contributed by atoms with Crippen molar-refractivity contribution < 1.29 is 27.4 Å². The number of anilines is 1. The maximum absolute atomic E-state index is 12.5. The number of carbonyl (C=O) groups excluding carboxylic acids is 1. The van der Waals surface area contributed by atoms with Crippen LogP contribution in [0, 0.1) is 0 Å². The molecule has 132 valence electrons. The molecule has 2 aromatic rings. The van der Waals surface area contributed by atoms with Crippen molar-refractivity contribution in [2.45, 2.75) is 6.18 Å². The average Bonchev–Trinajstić information content (AvgIpc) is 2.59. The molecule has 0 unspecified atom stereocenters. The molecule has 0 saturated heterocycles. The molecule has 0 aromatic heterocycles. The number of nitrogens with one attached hydrogen (secondary N) is 1. The Hall–Kier alpha value is -2.96. The first kappa shape index (κ1) is 18.4. The molecular formula is C18H16F3NO3. The van der Waals surface area contributed by atoms with Gasteiger partial charge >= 0.3 is 6.18 Å². The van der Waals surface area contributed by atoms with Gasteiger partial charge in [-0.25, -0.2) is 0 Å². The number of carbonyl (C=O) groups is 1. The van der Waals surface area contributed by atoms with Crippen molar-refractivity contribution in [1.29, 1.82) is 0 Å². The van der Waals surface area contributed by atoms with E-state index in [9.17, 15) is 18.0 Å². The molecule has 1 N–H and O–H groups in total. The van der Waals surface area contributed by atoms with Crippen LogP contribution in [0.5, 0.6) is 11.5 Å². The van der Waals surface area contributed by atoms with Crippen molar-refractivity contribution in [3.63, 3.8) is 0 Å². The second kappa shape index (κ2) is 7.74. The highest BCUT2D eigenvalue weighted by Gasteiger charge is 2.29. The molecule has 2 aromatic carbocycles. The summed E-state index contributed by atoms with van der Waals surface area (Å²) < 4.78 is 48.0. The van der Waals surface area contributed by atoms with Crippen molar-refractivity contribution in [1.82, 2.24) is 0 Å². The monoisotopic (exact) mass is 351 g/mol. The zero-order valence-electron chi connectivity index (χ0n) is 13.6. The Balaban J connectivity index is 2.12. The van der Waals surface area contributed by atoms with Gasteiger partial charge in [0.15, 0.2) is 0 Å². The van der Waals surface area contributed by atoms with Crippen LogP contribution in [0.2, 0.25) is 0 Å². The van der Waals surface area contributed by atoms with Crippen LogP contribution >= 0.6 is 0 Å². The predicted molar refractivity (Wildman–Crippen MR) is 88.7 cm³/mol. The molecule has 0 heterocycles. The van der Waals surface area contributed by atoms with Gasteiger partial charge in [0.1, 0.15) is 11.5 Å². The fraction of sp³-hybridized carbons (Fsp3) is 0.167.